The third-order valence-electron chi connectivity index (χ3n) is 2.43. The van der Waals surface area contributed by atoms with E-state index in [4.69, 9.17) is 16.8 Å². The Bertz CT molecular complexity index is 540. The molecule has 0 heterocycles. The normalized spacial score (nSPS) is 10.0. The predicted octanol–water partition coefficient (Wildman–Crippen LogP) is 3.13. The summed E-state index contributed by atoms with van der Waals surface area (Å²) in [6.07, 6.45) is 0. The van der Waals surface area contributed by atoms with Crippen molar-refractivity contribution in [1.82, 2.24) is 5.48 Å². The molecule has 0 aromatic heterocycles. The Hall–Kier alpha value is -1.84. The Morgan fingerprint density at radius 1 is 1.06 bits per heavy atom. The third-order valence-corrected chi connectivity index (χ3v) is 2.84. The minimum Gasteiger partial charge on any atom is -0.288 e. The van der Waals surface area contributed by atoms with Crippen molar-refractivity contribution in [3.63, 3.8) is 0 Å². The zero-order chi connectivity index (χ0) is 12.3. The Labute approximate surface area is 104 Å². The first-order valence-electron chi connectivity index (χ1n) is 5.02. The summed E-state index contributed by atoms with van der Waals surface area (Å²) in [5, 5.41) is 8.94. The molecule has 0 aliphatic rings. The van der Waals surface area contributed by atoms with E-state index in [2.05, 4.69) is 0 Å². The van der Waals surface area contributed by atoms with Crippen molar-refractivity contribution in [3.8, 4) is 11.1 Å². The molecule has 0 bridgehead atoms. The van der Waals surface area contributed by atoms with E-state index in [9.17, 15) is 4.79 Å². The molecule has 4 heteroatoms. The van der Waals surface area contributed by atoms with Crippen molar-refractivity contribution in [2.45, 2.75) is 0 Å². The maximum absolute atomic E-state index is 11.4. The number of nitrogens with one attached hydrogen (secondary N) is 1. The average Bonchev–Trinajstić information content (AvgIpc) is 2.39. The van der Waals surface area contributed by atoms with Crippen LogP contribution in [0.2, 0.25) is 5.02 Å². The molecular weight excluding hydrogens is 238 g/mol. The first-order chi connectivity index (χ1) is 8.24. The number of carbonyl (C=O) groups excluding carboxylic acids is 1. The first kappa shape index (κ1) is 11.6. The highest BCUT2D eigenvalue weighted by atomic mass is 35.5. The second kappa shape index (κ2) is 4.99. The highest BCUT2D eigenvalue weighted by Gasteiger charge is 2.13. The predicted molar refractivity (Wildman–Crippen MR) is 66.1 cm³/mol. The molecule has 17 heavy (non-hydrogen) atoms. The van der Waals surface area contributed by atoms with Crippen LogP contribution in [0.1, 0.15) is 10.4 Å². The number of hydrogen-bond acceptors (Lipinski definition) is 2. The summed E-state index contributed by atoms with van der Waals surface area (Å²) in [6.45, 7) is 0. The van der Waals surface area contributed by atoms with Crippen molar-refractivity contribution < 1.29 is 10.0 Å². The molecule has 0 aliphatic carbocycles. The quantitative estimate of drug-likeness (QED) is 0.633. The molecule has 1 amide bonds. The number of carbonyl (C=O) groups is 1. The van der Waals surface area contributed by atoms with E-state index in [1.165, 1.54) is 0 Å². The van der Waals surface area contributed by atoms with Gasteiger partial charge in [0.05, 0.1) is 10.6 Å². The minimum absolute atomic E-state index is 0.246. The molecule has 0 saturated carbocycles. The molecule has 2 aromatic carbocycles. The molecular formula is C13H10ClNO2. The van der Waals surface area contributed by atoms with Gasteiger partial charge in [0.2, 0.25) is 0 Å². The zero-order valence-corrected chi connectivity index (χ0v) is 9.61. The van der Waals surface area contributed by atoms with E-state index >= 15 is 0 Å². The lowest BCUT2D eigenvalue weighted by molar-refractivity contribution is 0.0706. The smallest absolute Gasteiger partial charge is 0.276 e. The van der Waals surface area contributed by atoms with Gasteiger partial charge in [-0.3, -0.25) is 10.0 Å². The van der Waals surface area contributed by atoms with Crippen LogP contribution in [0.25, 0.3) is 11.1 Å². The van der Waals surface area contributed by atoms with Gasteiger partial charge in [0.1, 0.15) is 0 Å². The number of halogens is 1. The molecule has 0 spiro atoms. The van der Waals surface area contributed by atoms with Gasteiger partial charge < -0.3 is 0 Å². The minimum atomic E-state index is -0.618. The summed E-state index contributed by atoms with van der Waals surface area (Å²) in [5.41, 5.74) is 3.50. The van der Waals surface area contributed by atoms with Gasteiger partial charge in [-0.2, -0.15) is 0 Å². The lowest BCUT2D eigenvalue weighted by Crippen LogP contribution is -2.19. The van der Waals surface area contributed by atoms with Crippen molar-refractivity contribution in [2.24, 2.45) is 0 Å². The Kier molecular flexibility index (Phi) is 3.42. The largest absolute Gasteiger partial charge is 0.288 e. The molecule has 3 nitrogen and oxygen atoms in total. The van der Waals surface area contributed by atoms with Crippen LogP contribution < -0.4 is 5.48 Å². The number of benzene rings is 2. The fraction of sp³-hybridized carbons (Fsp3) is 0. The van der Waals surface area contributed by atoms with Crippen LogP contribution in [-0.2, 0) is 0 Å². The van der Waals surface area contributed by atoms with Crippen LogP contribution in [0.3, 0.4) is 0 Å². The molecule has 86 valence electrons. The van der Waals surface area contributed by atoms with Crippen LogP contribution in [0.4, 0.5) is 0 Å². The molecule has 0 atom stereocenters. The Balaban J connectivity index is 2.54. The summed E-state index contributed by atoms with van der Waals surface area (Å²) < 4.78 is 0. The van der Waals surface area contributed by atoms with Gasteiger partial charge in [-0.1, -0.05) is 54.1 Å². The van der Waals surface area contributed by atoms with Gasteiger partial charge in [-0.05, 0) is 11.6 Å². The fourth-order valence-electron chi connectivity index (χ4n) is 1.61. The molecule has 0 saturated heterocycles. The molecule has 2 N–H and O–H groups in total. The van der Waals surface area contributed by atoms with Gasteiger partial charge >= 0.3 is 0 Å². The Morgan fingerprint density at radius 2 is 1.76 bits per heavy atom. The van der Waals surface area contributed by atoms with Crippen molar-refractivity contribution >= 4 is 17.5 Å². The molecule has 2 aromatic rings. The van der Waals surface area contributed by atoms with Crippen LogP contribution in [0.5, 0.6) is 0 Å². The number of rotatable bonds is 2. The van der Waals surface area contributed by atoms with E-state index in [1.807, 2.05) is 36.4 Å². The lowest BCUT2D eigenvalue weighted by atomic mass is 10.0. The fourth-order valence-corrected chi connectivity index (χ4v) is 1.93. The summed E-state index contributed by atoms with van der Waals surface area (Å²) in [4.78, 5) is 11.4. The van der Waals surface area contributed by atoms with E-state index in [0.717, 1.165) is 11.1 Å². The second-order valence-corrected chi connectivity index (χ2v) is 3.85. The van der Waals surface area contributed by atoms with Crippen LogP contribution in [0, 0.1) is 0 Å². The monoisotopic (exact) mass is 247 g/mol. The van der Waals surface area contributed by atoms with Gasteiger partial charge in [0.25, 0.3) is 5.91 Å². The number of hydrogen-bond donors (Lipinski definition) is 2. The molecule has 0 radical (unpaired) electrons. The van der Waals surface area contributed by atoms with E-state index in [1.54, 1.807) is 17.6 Å². The summed E-state index contributed by atoms with van der Waals surface area (Å²) in [5.74, 6) is -0.618. The topological polar surface area (TPSA) is 49.3 Å². The second-order valence-electron chi connectivity index (χ2n) is 3.47. The standard InChI is InChI=1S/C13H10ClNO2/c14-12-10(9-5-2-1-3-6-9)7-4-8-11(12)13(16)15-17/h1-8,17H,(H,15,16). The molecule has 0 fully saturated rings. The summed E-state index contributed by atoms with van der Waals surface area (Å²) in [6, 6.07) is 14.6. The maximum Gasteiger partial charge on any atom is 0.276 e. The third kappa shape index (κ3) is 2.30. The van der Waals surface area contributed by atoms with Crippen LogP contribution in [0.15, 0.2) is 48.5 Å². The van der Waals surface area contributed by atoms with Gasteiger partial charge in [-0.15, -0.1) is 0 Å². The molecule has 0 aliphatic heterocycles. The first-order valence-corrected chi connectivity index (χ1v) is 5.40. The summed E-state index contributed by atoms with van der Waals surface area (Å²) in [7, 11) is 0. The van der Waals surface area contributed by atoms with E-state index in [-0.39, 0.29) is 5.56 Å². The zero-order valence-electron chi connectivity index (χ0n) is 8.85. The summed E-state index contributed by atoms with van der Waals surface area (Å²) >= 11 is 6.14. The van der Waals surface area contributed by atoms with Gasteiger partial charge in [0, 0.05) is 5.56 Å². The number of hydroxylamine groups is 1. The SMILES string of the molecule is O=C(NO)c1cccc(-c2ccccc2)c1Cl. The van der Waals surface area contributed by atoms with Crippen LogP contribution in [-0.4, -0.2) is 11.1 Å². The van der Waals surface area contributed by atoms with Crippen molar-refractivity contribution in [3.05, 3.63) is 59.1 Å². The number of amides is 1. The van der Waals surface area contributed by atoms with E-state index in [0.29, 0.717) is 5.02 Å². The highest BCUT2D eigenvalue weighted by Crippen LogP contribution is 2.30. The lowest BCUT2D eigenvalue weighted by Gasteiger charge is -2.08. The highest BCUT2D eigenvalue weighted by molar-refractivity contribution is 6.36. The van der Waals surface area contributed by atoms with Gasteiger partial charge in [-0.25, -0.2) is 5.48 Å². The molecule has 0 unspecified atom stereocenters. The Morgan fingerprint density at radius 3 is 2.41 bits per heavy atom. The van der Waals surface area contributed by atoms with Gasteiger partial charge in [0.15, 0.2) is 0 Å². The molecule has 2 rings (SSSR count). The average molecular weight is 248 g/mol. The van der Waals surface area contributed by atoms with E-state index < -0.39 is 5.91 Å². The van der Waals surface area contributed by atoms with Crippen molar-refractivity contribution in [1.29, 1.82) is 0 Å². The maximum atomic E-state index is 11.4. The van der Waals surface area contributed by atoms with Crippen molar-refractivity contribution in [2.75, 3.05) is 0 Å². The van der Waals surface area contributed by atoms with Crippen LogP contribution >= 0.6 is 11.6 Å².